The first kappa shape index (κ1) is 15.7. The predicted molar refractivity (Wildman–Crippen MR) is 87.7 cm³/mol. The number of nitrogens with one attached hydrogen (secondary N) is 1. The van der Waals surface area contributed by atoms with Crippen molar-refractivity contribution in [2.45, 2.75) is 39.7 Å². The van der Waals surface area contributed by atoms with E-state index in [2.05, 4.69) is 15.3 Å². The fourth-order valence-corrected chi connectivity index (χ4v) is 2.74. The van der Waals surface area contributed by atoms with Gasteiger partial charge in [-0.3, -0.25) is 0 Å². The molecule has 1 saturated carbocycles. The van der Waals surface area contributed by atoms with Crippen LogP contribution in [0.3, 0.4) is 0 Å². The number of aromatic nitrogens is 1. The second-order valence-electron chi connectivity index (χ2n) is 4.62. The minimum Gasteiger partial charge on any atom is -0.370 e. The van der Waals surface area contributed by atoms with Gasteiger partial charge in [-0.2, -0.15) is 0 Å². The van der Waals surface area contributed by atoms with Crippen molar-refractivity contribution in [1.29, 1.82) is 0 Å². The number of nitrogens with two attached hydrogens (primary N) is 1. The van der Waals surface area contributed by atoms with E-state index in [1.54, 1.807) is 11.3 Å². The lowest BCUT2D eigenvalue weighted by Crippen LogP contribution is -2.37. The lowest BCUT2D eigenvalue weighted by molar-refractivity contribution is 0.315. The summed E-state index contributed by atoms with van der Waals surface area (Å²) in [6, 6.07) is 0. The van der Waals surface area contributed by atoms with Crippen LogP contribution in [-0.4, -0.2) is 17.5 Å². The van der Waals surface area contributed by atoms with E-state index < -0.39 is 0 Å². The standard InChI is InChI=1S/C12H20N4S.HI/c1-8-11(17-9(2)16-8)7-15-12(13)14-6-10-4-3-5-10;/h10H,3-7H2,1-2H3,(H3,13,14,15);1H. The fraction of sp³-hybridized carbons (Fsp3) is 0.667. The van der Waals surface area contributed by atoms with E-state index in [0.29, 0.717) is 12.5 Å². The van der Waals surface area contributed by atoms with E-state index in [0.717, 1.165) is 23.2 Å². The Balaban J connectivity index is 0.00000162. The quantitative estimate of drug-likeness (QED) is 0.480. The Kier molecular flexibility index (Phi) is 6.34. The van der Waals surface area contributed by atoms with Crippen molar-refractivity contribution in [1.82, 2.24) is 10.3 Å². The number of hydrogen-bond donors (Lipinski definition) is 2. The summed E-state index contributed by atoms with van der Waals surface area (Å²) < 4.78 is 0. The van der Waals surface area contributed by atoms with E-state index >= 15 is 0 Å². The van der Waals surface area contributed by atoms with Crippen molar-refractivity contribution >= 4 is 41.3 Å². The van der Waals surface area contributed by atoms with Crippen molar-refractivity contribution in [3.8, 4) is 0 Å². The van der Waals surface area contributed by atoms with Gasteiger partial charge in [0.2, 0.25) is 0 Å². The Bertz CT molecular complexity index is 412. The molecule has 1 aliphatic carbocycles. The number of rotatable bonds is 4. The van der Waals surface area contributed by atoms with Crippen LogP contribution in [0.15, 0.2) is 4.99 Å². The number of hydrogen-bond acceptors (Lipinski definition) is 3. The smallest absolute Gasteiger partial charge is 0.188 e. The van der Waals surface area contributed by atoms with Crippen molar-refractivity contribution in [2.24, 2.45) is 16.6 Å². The van der Waals surface area contributed by atoms with E-state index in [-0.39, 0.29) is 24.0 Å². The van der Waals surface area contributed by atoms with Crippen molar-refractivity contribution < 1.29 is 0 Å². The minimum atomic E-state index is 0. The second-order valence-corrected chi connectivity index (χ2v) is 5.91. The van der Waals surface area contributed by atoms with E-state index in [9.17, 15) is 0 Å². The Morgan fingerprint density at radius 2 is 2.22 bits per heavy atom. The maximum absolute atomic E-state index is 5.83. The minimum absolute atomic E-state index is 0. The van der Waals surface area contributed by atoms with Crippen LogP contribution in [-0.2, 0) is 6.54 Å². The summed E-state index contributed by atoms with van der Waals surface area (Å²) in [4.78, 5) is 9.93. The maximum atomic E-state index is 5.83. The number of nitrogens with zero attached hydrogens (tertiary/aromatic N) is 2. The van der Waals surface area contributed by atoms with E-state index in [4.69, 9.17) is 5.73 Å². The largest absolute Gasteiger partial charge is 0.370 e. The van der Waals surface area contributed by atoms with Gasteiger partial charge in [-0.15, -0.1) is 35.3 Å². The first-order valence-electron chi connectivity index (χ1n) is 6.12. The lowest BCUT2D eigenvalue weighted by atomic mass is 9.85. The topological polar surface area (TPSA) is 63.3 Å². The molecule has 0 aliphatic heterocycles. The summed E-state index contributed by atoms with van der Waals surface area (Å²) >= 11 is 1.69. The van der Waals surface area contributed by atoms with Crippen LogP contribution in [0.1, 0.15) is 34.8 Å². The molecule has 0 aromatic carbocycles. The normalized spacial score (nSPS) is 16.0. The Hall–Kier alpha value is -0.370. The molecule has 0 bridgehead atoms. The predicted octanol–water partition coefficient (Wildman–Crippen LogP) is 2.58. The average molecular weight is 380 g/mol. The van der Waals surface area contributed by atoms with Gasteiger partial charge in [0.25, 0.3) is 0 Å². The van der Waals surface area contributed by atoms with E-state index in [1.807, 2.05) is 13.8 Å². The molecule has 6 heteroatoms. The molecule has 0 radical (unpaired) electrons. The van der Waals surface area contributed by atoms with Gasteiger partial charge in [0.05, 0.1) is 17.2 Å². The average Bonchev–Trinajstić information content (AvgIpc) is 2.52. The highest BCUT2D eigenvalue weighted by Gasteiger charge is 2.16. The van der Waals surface area contributed by atoms with Gasteiger partial charge in [-0.05, 0) is 32.6 Å². The molecule has 0 amide bonds. The highest BCUT2D eigenvalue weighted by atomic mass is 127. The van der Waals surface area contributed by atoms with Crippen LogP contribution >= 0.6 is 35.3 Å². The summed E-state index contributed by atoms with van der Waals surface area (Å²) in [6.45, 7) is 5.65. The molecule has 0 spiro atoms. The number of halogens is 1. The zero-order valence-corrected chi connectivity index (χ0v) is 14.0. The summed E-state index contributed by atoms with van der Waals surface area (Å²) in [7, 11) is 0. The molecule has 1 heterocycles. The molecule has 4 nitrogen and oxygen atoms in total. The van der Waals surface area contributed by atoms with Crippen LogP contribution in [0, 0.1) is 19.8 Å². The monoisotopic (exact) mass is 380 g/mol. The highest BCUT2D eigenvalue weighted by Crippen LogP contribution is 2.25. The molecule has 2 rings (SSSR count). The van der Waals surface area contributed by atoms with Gasteiger partial charge in [0.15, 0.2) is 5.96 Å². The van der Waals surface area contributed by atoms with Crippen LogP contribution in [0.2, 0.25) is 0 Å². The second kappa shape index (κ2) is 7.28. The molecule has 1 aromatic heterocycles. The molecule has 0 saturated heterocycles. The first-order chi connectivity index (χ1) is 8.15. The maximum Gasteiger partial charge on any atom is 0.188 e. The van der Waals surface area contributed by atoms with Crippen LogP contribution < -0.4 is 11.1 Å². The third kappa shape index (κ3) is 4.38. The summed E-state index contributed by atoms with van der Waals surface area (Å²) in [5.41, 5.74) is 6.90. The summed E-state index contributed by atoms with van der Waals surface area (Å²) in [5, 5.41) is 4.28. The number of guanidine groups is 1. The summed E-state index contributed by atoms with van der Waals surface area (Å²) in [5.74, 6) is 1.36. The van der Waals surface area contributed by atoms with Crippen LogP contribution in [0.4, 0.5) is 0 Å². The van der Waals surface area contributed by atoms with Gasteiger partial charge in [0, 0.05) is 11.4 Å². The highest BCUT2D eigenvalue weighted by molar-refractivity contribution is 14.0. The third-order valence-electron chi connectivity index (χ3n) is 3.19. The van der Waals surface area contributed by atoms with E-state index in [1.165, 1.54) is 24.1 Å². The number of thiazole rings is 1. The molecule has 1 fully saturated rings. The molecule has 1 aromatic rings. The zero-order valence-electron chi connectivity index (χ0n) is 10.9. The lowest BCUT2D eigenvalue weighted by Gasteiger charge is -2.25. The Labute approximate surface area is 129 Å². The van der Waals surface area contributed by atoms with Gasteiger partial charge in [-0.25, -0.2) is 9.98 Å². The van der Waals surface area contributed by atoms with Gasteiger partial charge < -0.3 is 11.1 Å². The van der Waals surface area contributed by atoms with Crippen molar-refractivity contribution in [3.63, 3.8) is 0 Å². The number of aryl methyl sites for hydroxylation is 2. The Morgan fingerprint density at radius 3 is 2.72 bits per heavy atom. The van der Waals surface area contributed by atoms with Gasteiger partial charge >= 0.3 is 0 Å². The molecule has 3 N–H and O–H groups in total. The molecule has 1 aliphatic rings. The third-order valence-corrected chi connectivity index (χ3v) is 4.25. The van der Waals surface area contributed by atoms with Crippen molar-refractivity contribution in [2.75, 3.05) is 6.54 Å². The van der Waals surface area contributed by atoms with Gasteiger partial charge in [0.1, 0.15) is 0 Å². The van der Waals surface area contributed by atoms with Crippen LogP contribution in [0.5, 0.6) is 0 Å². The molecule has 18 heavy (non-hydrogen) atoms. The van der Waals surface area contributed by atoms with Gasteiger partial charge in [-0.1, -0.05) is 6.42 Å². The molecule has 0 atom stereocenters. The number of aliphatic imine (C=N–C) groups is 1. The Morgan fingerprint density at radius 1 is 1.50 bits per heavy atom. The zero-order chi connectivity index (χ0) is 12.3. The molecular weight excluding hydrogens is 359 g/mol. The SMILES string of the molecule is Cc1nc(C)c(CN=C(N)NCC2CCC2)s1.I. The van der Waals surface area contributed by atoms with Crippen LogP contribution in [0.25, 0.3) is 0 Å². The summed E-state index contributed by atoms with van der Waals surface area (Å²) in [6.07, 6.45) is 4.02. The molecular formula is C12H21IN4S. The van der Waals surface area contributed by atoms with Crippen molar-refractivity contribution in [3.05, 3.63) is 15.6 Å². The first-order valence-corrected chi connectivity index (χ1v) is 6.93. The molecule has 0 unspecified atom stereocenters. The molecule has 102 valence electrons. The fourth-order valence-electron chi connectivity index (χ4n) is 1.88.